The van der Waals surface area contributed by atoms with Crippen LogP contribution >= 0.6 is 11.8 Å². The Morgan fingerprint density at radius 1 is 1.41 bits per heavy atom. The number of aliphatic hydroxyl groups excluding tert-OH is 1. The topological polar surface area (TPSA) is 29.5 Å². The Morgan fingerprint density at radius 2 is 2.12 bits per heavy atom. The third-order valence-electron chi connectivity index (χ3n) is 2.88. The first-order valence-electron chi connectivity index (χ1n) is 5.88. The molecule has 0 aromatic heterocycles. The zero-order valence-corrected chi connectivity index (χ0v) is 10.7. The van der Waals surface area contributed by atoms with Crippen LogP contribution in [0.2, 0.25) is 0 Å². The van der Waals surface area contributed by atoms with Gasteiger partial charge in [-0.05, 0) is 43.5 Å². The van der Waals surface area contributed by atoms with Crippen LogP contribution in [0.25, 0.3) is 0 Å². The summed E-state index contributed by atoms with van der Waals surface area (Å²) >= 11 is 1.72. The predicted molar refractivity (Wildman–Crippen MR) is 66.7 cm³/mol. The van der Waals surface area contributed by atoms with E-state index in [4.69, 9.17) is 4.74 Å². The minimum atomic E-state index is -0.631. The van der Waals surface area contributed by atoms with Gasteiger partial charge in [0.05, 0.1) is 6.10 Å². The summed E-state index contributed by atoms with van der Waals surface area (Å²) in [6.07, 6.45) is 1.40. The summed E-state index contributed by atoms with van der Waals surface area (Å²) in [4.78, 5) is 0.980. The summed E-state index contributed by atoms with van der Waals surface area (Å²) < 4.78 is 18.5. The molecule has 1 aromatic rings. The molecule has 1 aliphatic heterocycles. The van der Waals surface area contributed by atoms with Crippen LogP contribution in [0.1, 0.15) is 31.4 Å². The van der Waals surface area contributed by atoms with Gasteiger partial charge in [0, 0.05) is 23.4 Å². The van der Waals surface area contributed by atoms with Gasteiger partial charge in [-0.1, -0.05) is 0 Å². The molecule has 2 nitrogen and oxygen atoms in total. The summed E-state index contributed by atoms with van der Waals surface area (Å²) in [7, 11) is 0. The molecule has 1 aliphatic rings. The van der Waals surface area contributed by atoms with Gasteiger partial charge in [0.15, 0.2) is 0 Å². The molecule has 1 saturated heterocycles. The van der Waals surface area contributed by atoms with Crippen LogP contribution in [-0.2, 0) is 4.74 Å². The number of rotatable bonds is 3. The highest BCUT2D eigenvalue weighted by Gasteiger charge is 2.18. The average molecular weight is 256 g/mol. The maximum Gasteiger partial charge on any atom is 0.123 e. The molecule has 94 valence electrons. The highest BCUT2D eigenvalue weighted by molar-refractivity contribution is 8.00. The van der Waals surface area contributed by atoms with E-state index >= 15 is 0 Å². The van der Waals surface area contributed by atoms with E-state index in [0.29, 0.717) is 10.8 Å². The monoisotopic (exact) mass is 256 g/mol. The Kier molecular flexibility index (Phi) is 4.42. The zero-order chi connectivity index (χ0) is 12.3. The smallest absolute Gasteiger partial charge is 0.123 e. The van der Waals surface area contributed by atoms with Crippen molar-refractivity contribution in [2.75, 3.05) is 13.2 Å². The van der Waals surface area contributed by atoms with E-state index in [1.807, 2.05) is 0 Å². The van der Waals surface area contributed by atoms with Crippen LogP contribution in [-0.4, -0.2) is 23.6 Å². The van der Waals surface area contributed by atoms with Crippen LogP contribution in [0.5, 0.6) is 0 Å². The number of hydrogen-bond donors (Lipinski definition) is 1. The Hall–Kier alpha value is -0.580. The average Bonchev–Trinajstić information content (AvgIpc) is 2.32. The first kappa shape index (κ1) is 12.9. The van der Waals surface area contributed by atoms with Gasteiger partial charge in [-0.3, -0.25) is 0 Å². The SMILES string of the molecule is C[C@H](O)c1cc(F)ccc1SC1CCOCC1. The van der Waals surface area contributed by atoms with Crippen molar-refractivity contribution in [2.45, 2.75) is 36.0 Å². The Labute approximate surface area is 105 Å². The molecule has 0 aliphatic carbocycles. The van der Waals surface area contributed by atoms with Gasteiger partial charge >= 0.3 is 0 Å². The summed E-state index contributed by atoms with van der Waals surface area (Å²) in [5.74, 6) is -0.294. The normalized spacial score (nSPS) is 19.2. The Balaban J connectivity index is 2.13. The third kappa shape index (κ3) is 3.44. The molecular formula is C13H17FO2S. The first-order chi connectivity index (χ1) is 8.16. The molecule has 4 heteroatoms. The van der Waals surface area contributed by atoms with E-state index in [9.17, 15) is 9.50 Å². The lowest BCUT2D eigenvalue weighted by Gasteiger charge is -2.23. The van der Waals surface area contributed by atoms with Crippen molar-refractivity contribution in [1.29, 1.82) is 0 Å². The Bertz CT molecular complexity index is 376. The number of halogens is 1. The van der Waals surface area contributed by atoms with Crippen LogP contribution in [0.15, 0.2) is 23.1 Å². The molecule has 1 N–H and O–H groups in total. The molecule has 1 atom stereocenters. The van der Waals surface area contributed by atoms with E-state index in [1.165, 1.54) is 12.1 Å². The van der Waals surface area contributed by atoms with Gasteiger partial charge in [-0.25, -0.2) is 4.39 Å². The van der Waals surface area contributed by atoms with Gasteiger partial charge in [-0.15, -0.1) is 11.8 Å². The van der Waals surface area contributed by atoms with Crippen molar-refractivity contribution in [3.63, 3.8) is 0 Å². The summed E-state index contributed by atoms with van der Waals surface area (Å²) in [6.45, 7) is 3.26. The quantitative estimate of drug-likeness (QED) is 0.901. The molecular weight excluding hydrogens is 239 g/mol. The Morgan fingerprint density at radius 3 is 2.76 bits per heavy atom. The highest BCUT2D eigenvalue weighted by atomic mass is 32.2. The largest absolute Gasteiger partial charge is 0.389 e. The fraction of sp³-hybridized carbons (Fsp3) is 0.538. The number of benzene rings is 1. The van der Waals surface area contributed by atoms with E-state index in [0.717, 1.165) is 31.0 Å². The van der Waals surface area contributed by atoms with Crippen LogP contribution < -0.4 is 0 Å². The van der Waals surface area contributed by atoms with E-state index in [2.05, 4.69) is 0 Å². The predicted octanol–water partition coefficient (Wildman–Crippen LogP) is 3.15. The van der Waals surface area contributed by atoms with E-state index in [-0.39, 0.29) is 5.82 Å². The number of aliphatic hydroxyl groups is 1. The fourth-order valence-electron chi connectivity index (χ4n) is 1.93. The zero-order valence-electron chi connectivity index (χ0n) is 9.86. The first-order valence-corrected chi connectivity index (χ1v) is 6.76. The van der Waals surface area contributed by atoms with Crippen molar-refractivity contribution in [2.24, 2.45) is 0 Å². The van der Waals surface area contributed by atoms with E-state index < -0.39 is 6.10 Å². The van der Waals surface area contributed by atoms with Gasteiger partial charge in [0.1, 0.15) is 5.82 Å². The van der Waals surface area contributed by atoms with Crippen molar-refractivity contribution < 1.29 is 14.2 Å². The fourth-order valence-corrected chi connectivity index (χ4v) is 3.23. The van der Waals surface area contributed by atoms with Crippen molar-refractivity contribution in [3.8, 4) is 0 Å². The standard InChI is InChI=1S/C13H17FO2S/c1-9(15)12-8-10(14)2-3-13(12)17-11-4-6-16-7-5-11/h2-3,8-9,11,15H,4-7H2,1H3/t9-/m0/s1. The summed E-state index contributed by atoms with van der Waals surface area (Å²) in [5.41, 5.74) is 0.682. The van der Waals surface area contributed by atoms with Gasteiger partial charge in [0.2, 0.25) is 0 Å². The van der Waals surface area contributed by atoms with Crippen molar-refractivity contribution in [1.82, 2.24) is 0 Å². The molecule has 1 aromatic carbocycles. The number of ether oxygens (including phenoxy) is 1. The van der Waals surface area contributed by atoms with E-state index in [1.54, 1.807) is 24.8 Å². The summed E-state index contributed by atoms with van der Waals surface area (Å²) in [5, 5.41) is 10.2. The molecule has 0 bridgehead atoms. The van der Waals surface area contributed by atoms with Crippen LogP contribution in [0, 0.1) is 5.82 Å². The molecule has 1 fully saturated rings. The molecule has 0 unspecified atom stereocenters. The second-order valence-electron chi connectivity index (χ2n) is 4.29. The molecule has 17 heavy (non-hydrogen) atoms. The van der Waals surface area contributed by atoms with Gasteiger partial charge < -0.3 is 9.84 Å². The maximum atomic E-state index is 13.1. The second-order valence-corrected chi connectivity index (χ2v) is 5.63. The lowest BCUT2D eigenvalue weighted by Crippen LogP contribution is -2.17. The second kappa shape index (κ2) is 5.85. The summed E-state index contributed by atoms with van der Waals surface area (Å²) in [6, 6.07) is 4.64. The minimum absolute atomic E-state index is 0.294. The van der Waals surface area contributed by atoms with Crippen LogP contribution in [0.4, 0.5) is 4.39 Å². The van der Waals surface area contributed by atoms with Crippen molar-refractivity contribution in [3.05, 3.63) is 29.6 Å². The minimum Gasteiger partial charge on any atom is -0.389 e. The molecule has 1 heterocycles. The number of hydrogen-bond acceptors (Lipinski definition) is 3. The highest BCUT2D eigenvalue weighted by Crippen LogP contribution is 2.34. The maximum absolute atomic E-state index is 13.1. The van der Waals surface area contributed by atoms with Gasteiger partial charge in [-0.2, -0.15) is 0 Å². The molecule has 0 saturated carbocycles. The van der Waals surface area contributed by atoms with Gasteiger partial charge in [0.25, 0.3) is 0 Å². The molecule has 0 amide bonds. The molecule has 0 radical (unpaired) electrons. The van der Waals surface area contributed by atoms with Crippen molar-refractivity contribution >= 4 is 11.8 Å². The number of thioether (sulfide) groups is 1. The third-order valence-corrected chi connectivity index (χ3v) is 4.31. The lowest BCUT2D eigenvalue weighted by atomic mass is 10.1. The lowest BCUT2D eigenvalue weighted by molar-refractivity contribution is 0.1000. The van der Waals surface area contributed by atoms with Crippen LogP contribution in [0.3, 0.4) is 0 Å². The molecule has 2 rings (SSSR count). The molecule has 0 spiro atoms.